The van der Waals surface area contributed by atoms with E-state index in [-0.39, 0.29) is 5.91 Å². The molecule has 2 aromatic carbocycles. The van der Waals surface area contributed by atoms with E-state index in [1.165, 1.54) is 0 Å². The zero-order valence-electron chi connectivity index (χ0n) is 13.4. The molecule has 0 radical (unpaired) electrons. The average Bonchev–Trinajstić information content (AvgIpc) is 2.61. The lowest BCUT2D eigenvalue weighted by molar-refractivity contribution is -0.117. The van der Waals surface area contributed by atoms with Crippen molar-refractivity contribution in [3.8, 4) is 0 Å². The number of carbonyl (C=O) groups is 1. The van der Waals surface area contributed by atoms with E-state index in [9.17, 15) is 4.79 Å². The minimum Gasteiger partial charge on any atom is -0.325 e. The highest BCUT2D eigenvalue weighted by Gasteiger charge is 2.06. The number of pyridine rings is 1. The average molecular weight is 317 g/mol. The molecule has 0 saturated heterocycles. The Morgan fingerprint density at radius 2 is 1.83 bits per heavy atom. The number of anilines is 1. The van der Waals surface area contributed by atoms with E-state index >= 15 is 0 Å². The largest absolute Gasteiger partial charge is 0.325 e. The van der Waals surface area contributed by atoms with E-state index in [1.807, 2.05) is 60.8 Å². The molecule has 0 aliphatic carbocycles. The summed E-state index contributed by atoms with van der Waals surface area (Å²) in [6, 6.07) is 17.2. The number of amides is 1. The van der Waals surface area contributed by atoms with Crippen LogP contribution in [0.15, 0.2) is 60.8 Å². The van der Waals surface area contributed by atoms with Crippen molar-refractivity contribution in [2.75, 3.05) is 5.32 Å². The molecule has 1 aromatic heterocycles. The lowest BCUT2D eigenvalue weighted by Crippen LogP contribution is -2.32. The Hall–Kier alpha value is -2.98. The molecule has 0 saturated carbocycles. The third-order valence-corrected chi connectivity index (χ3v) is 3.73. The topological polar surface area (TPSA) is 68.0 Å². The number of nitrogens with one attached hydrogen (secondary N) is 1. The fraction of sp³-hybridized carbons (Fsp3) is 0.100. The molecule has 1 heterocycles. The number of rotatable bonds is 4. The van der Waals surface area contributed by atoms with Crippen LogP contribution in [0.1, 0.15) is 18.1 Å². The van der Waals surface area contributed by atoms with Gasteiger partial charge in [-0.25, -0.2) is 0 Å². The van der Waals surface area contributed by atoms with E-state index in [2.05, 4.69) is 22.4 Å². The van der Waals surface area contributed by atoms with Gasteiger partial charge in [0.2, 0.25) is 5.91 Å². The third kappa shape index (κ3) is 3.67. The summed E-state index contributed by atoms with van der Waals surface area (Å²) in [5, 5.41) is 3.89. The maximum Gasteiger partial charge on any atom is 0.240 e. The maximum absolute atomic E-state index is 11.6. The summed E-state index contributed by atoms with van der Waals surface area (Å²) in [5.74, 6) is -0.193. The summed E-state index contributed by atoms with van der Waals surface area (Å²) in [5.41, 5.74) is 9.43. The van der Waals surface area contributed by atoms with Crippen molar-refractivity contribution in [3.63, 3.8) is 0 Å². The quantitative estimate of drug-likeness (QED) is 0.771. The summed E-state index contributed by atoms with van der Waals surface area (Å²) in [6.45, 7) is 1.66. The Morgan fingerprint density at radius 3 is 2.58 bits per heavy atom. The van der Waals surface area contributed by atoms with Crippen molar-refractivity contribution in [2.24, 2.45) is 5.73 Å². The van der Waals surface area contributed by atoms with Gasteiger partial charge >= 0.3 is 0 Å². The molecule has 1 atom stereocenters. The fourth-order valence-corrected chi connectivity index (χ4v) is 2.38. The lowest BCUT2D eigenvalue weighted by atomic mass is 10.1. The van der Waals surface area contributed by atoms with Crippen molar-refractivity contribution >= 4 is 34.6 Å². The van der Waals surface area contributed by atoms with Crippen LogP contribution >= 0.6 is 0 Å². The predicted octanol–water partition coefficient (Wildman–Crippen LogP) is 3.69. The molecule has 120 valence electrons. The Labute approximate surface area is 141 Å². The van der Waals surface area contributed by atoms with Gasteiger partial charge in [-0.15, -0.1) is 0 Å². The molecular formula is C20H19N3O. The molecule has 0 aliphatic heterocycles. The second-order valence-electron chi connectivity index (χ2n) is 5.65. The van der Waals surface area contributed by atoms with Crippen molar-refractivity contribution in [1.82, 2.24) is 4.98 Å². The van der Waals surface area contributed by atoms with Gasteiger partial charge in [0.25, 0.3) is 0 Å². The van der Waals surface area contributed by atoms with E-state index in [1.54, 1.807) is 6.92 Å². The Morgan fingerprint density at radius 1 is 1.08 bits per heavy atom. The molecular weight excluding hydrogens is 298 g/mol. The molecule has 0 unspecified atom stereocenters. The van der Waals surface area contributed by atoms with E-state index < -0.39 is 6.04 Å². The molecule has 0 aliphatic rings. The highest BCUT2D eigenvalue weighted by atomic mass is 16.2. The monoisotopic (exact) mass is 317 g/mol. The van der Waals surface area contributed by atoms with Crippen molar-refractivity contribution in [3.05, 3.63) is 71.9 Å². The summed E-state index contributed by atoms with van der Waals surface area (Å²) >= 11 is 0. The molecule has 1 amide bonds. The van der Waals surface area contributed by atoms with E-state index in [0.29, 0.717) is 0 Å². The second-order valence-corrected chi connectivity index (χ2v) is 5.65. The van der Waals surface area contributed by atoms with Crippen molar-refractivity contribution < 1.29 is 4.79 Å². The normalized spacial score (nSPS) is 12.4. The smallest absolute Gasteiger partial charge is 0.240 e. The SMILES string of the molecule is C[C@@H](N)C(=O)Nc1ccc(/C=C/c2ccnc3ccccc23)cc1. The molecule has 4 heteroatoms. The minimum absolute atomic E-state index is 0.193. The van der Waals surface area contributed by atoms with Crippen molar-refractivity contribution in [2.45, 2.75) is 13.0 Å². The first-order valence-corrected chi connectivity index (χ1v) is 7.82. The van der Waals surface area contributed by atoms with Crippen LogP contribution < -0.4 is 11.1 Å². The molecule has 3 N–H and O–H groups in total. The maximum atomic E-state index is 11.6. The van der Waals surface area contributed by atoms with Crippen LogP contribution in [0.5, 0.6) is 0 Å². The van der Waals surface area contributed by atoms with Crippen LogP contribution in [0.4, 0.5) is 5.69 Å². The number of para-hydroxylation sites is 1. The molecule has 3 rings (SSSR count). The van der Waals surface area contributed by atoms with E-state index in [4.69, 9.17) is 5.73 Å². The van der Waals surface area contributed by atoms with Gasteiger partial charge in [0.1, 0.15) is 0 Å². The van der Waals surface area contributed by atoms with Gasteiger partial charge in [0.05, 0.1) is 11.6 Å². The van der Waals surface area contributed by atoms with Gasteiger partial charge in [-0.3, -0.25) is 9.78 Å². The first-order valence-electron chi connectivity index (χ1n) is 7.82. The van der Waals surface area contributed by atoms with Crippen molar-refractivity contribution in [1.29, 1.82) is 0 Å². The van der Waals surface area contributed by atoms with Crippen LogP contribution in [0.3, 0.4) is 0 Å². The number of nitrogens with zero attached hydrogens (tertiary/aromatic N) is 1. The Bertz CT molecular complexity index is 878. The van der Waals surface area contributed by atoms with Crippen LogP contribution in [0.25, 0.3) is 23.1 Å². The van der Waals surface area contributed by atoms with Gasteiger partial charge in [-0.1, -0.05) is 42.5 Å². The highest BCUT2D eigenvalue weighted by Crippen LogP contribution is 2.19. The molecule has 0 fully saturated rings. The molecule has 4 nitrogen and oxygen atoms in total. The summed E-state index contributed by atoms with van der Waals surface area (Å²) < 4.78 is 0. The standard InChI is InChI=1S/C20H19N3O/c1-14(21)20(24)23-17-10-7-15(8-11-17)6-9-16-12-13-22-19-5-3-2-4-18(16)19/h2-14H,21H2,1H3,(H,23,24)/b9-6+/t14-/m1/s1. The van der Waals surface area contributed by atoms with E-state index in [0.717, 1.165) is 27.7 Å². The number of nitrogens with two attached hydrogens (primary N) is 1. The van der Waals surface area contributed by atoms with Crippen LogP contribution in [-0.4, -0.2) is 16.9 Å². The number of hydrogen-bond acceptors (Lipinski definition) is 3. The third-order valence-electron chi connectivity index (χ3n) is 3.73. The molecule has 0 spiro atoms. The minimum atomic E-state index is -0.524. The zero-order valence-corrected chi connectivity index (χ0v) is 13.4. The summed E-state index contributed by atoms with van der Waals surface area (Å²) in [6.07, 6.45) is 5.92. The number of benzene rings is 2. The molecule has 0 bridgehead atoms. The Kier molecular flexibility index (Phi) is 4.68. The molecule has 24 heavy (non-hydrogen) atoms. The fourth-order valence-electron chi connectivity index (χ4n) is 2.38. The first kappa shape index (κ1) is 15.9. The zero-order chi connectivity index (χ0) is 16.9. The number of hydrogen-bond donors (Lipinski definition) is 2. The number of fused-ring (bicyclic) bond motifs is 1. The van der Waals surface area contributed by atoms with Gasteiger partial charge in [-0.05, 0) is 42.3 Å². The summed E-state index contributed by atoms with van der Waals surface area (Å²) in [7, 11) is 0. The van der Waals surface area contributed by atoms with Crippen LogP contribution in [0.2, 0.25) is 0 Å². The van der Waals surface area contributed by atoms with Gasteiger partial charge < -0.3 is 11.1 Å². The van der Waals surface area contributed by atoms with Gasteiger partial charge in [-0.2, -0.15) is 0 Å². The predicted molar refractivity (Wildman–Crippen MR) is 99.4 cm³/mol. The summed E-state index contributed by atoms with van der Waals surface area (Å²) in [4.78, 5) is 15.9. The van der Waals surface area contributed by atoms with Crippen LogP contribution in [0, 0.1) is 0 Å². The number of aromatic nitrogens is 1. The van der Waals surface area contributed by atoms with Gasteiger partial charge in [0, 0.05) is 17.3 Å². The Balaban J connectivity index is 1.78. The highest BCUT2D eigenvalue weighted by molar-refractivity contribution is 5.94. The van der Waals surface area contributed by atoms with Gasteiger partial charge in [0.15, 0.2) is 0 Å². The lowest BCUT2D eigenvalue weighted by Gasteiger charge is -2.07. The van der Waals surface area contributed by atoms with Crippen LogP contribution in [-0.2, 0) is 4.79 Å². The first-order chi connectivity index (χ1) is 11.6. The second kappa shape index (κ2) is 7.06. The molecule has 3 aromatic rings. The number of carbonyl (C=O) groups excluding carboxylic acids is 1.